The van der Waals surface area contributed by atoms with E-state index in [0.717, 1.165) is 59.5 Å². The van der Waals surface area contributed by atoms with Crippen molar-refractivity contribution in [2.75, 3.05) is 37.9 Å². The first-order valence-electron chi connectivity index (χ1n) is 17.4. The number of aryl methyl sites for hydroxylation is 1. The van der Waals surface area contributed by atoms with Crippen molar-refractivity contribution < 1.29 is 14.3 Å². The zero-order valence-corrected chi connectivity index (χ0v) is 32.4. The van der Waals surface area contributed by atoms with Gasteiger partial charge < -0.3 is 25.6 Å². The minimum absolute atomic E-state index is 0.0175. The Morgan fingerprint density at radius 2 is 1.78 bits per heavy atom. The Bertz CT molecular complexity index is 1460. The molecule has 0 aliphatic carbocycles. The van der Waals surface area contributed by atoms with Gasteiger partial charge in [0.15, 0.2) is 0 Å². The first kappa shape index (κ1) is 43.9. The molecule has 2 aliphatic rings. The van der Waals surface area contributed by atoms with Crippen molar-refractivity contribution in [3.63, 3.8) is 0 Å². The van der Waals surface area contributed by atoms with Crippen molar-refractivity contribution in [3.05, 3.63) is 107 Å². The molecule has 2 aliphatic heterocycles. The lowest BCUT2D eigenvalue weighted by Gasteiger charge is -2.32. The van der Waals surface area contributed by atoms with Crippen molar-refractivity contribution >= 4 is 40.6 Å². The number of halogens is 1. The minimum Gasteiger partial charge on any atom is -0.388 e. The molecule has 8 nitrogen and oxygen atoms in total. The number of amides is 2. The summed E-state index contributed by atoms with van der Waals surface area (Å²) in [6.07, 6.45) is 15.5. The molecular formula is C41H60ClN5O3. The van der Waals surface area contributed by atoms with Gasteiger partial charge in [0.05, 0.1) is 5.03 Å². The standard InChI is InChI=1S/C36H48ClN5O2.C3H6.C2H6O/c1-8-12-31(24(5)6)36(44)42-19-17-27(18-20-42)22-34(43)41-33-16-15-30-23-28(33)14-13-26(9-2)21-29(10-3)38-25(7)39-35(40-30)32(37)11-4;2*1-3-2/h9-12,15-16,21,23,25,27,38H,2,5,8,13-14,17-20,22H2,1,3-4,6-7H3,(H,39,40)(H,41,43);3H,1H2,2H3;1-2H3/b26-21+,29-10+,31-12-,32-11+;;. The molecule has 9 heteroatoms. The summed E-state index contributed by atoms with van der Waals surface area (Å²) in [6.45, 7) is 24.3. The second-order valence-corrected chi connectivity index (χ2v) is 12.6. The summed E-state index contributed by atoms with van der Waals surface area (Å²) < 4.78 is 4.25. The molecule has 1 aromatic rings. The monoisotopic (exact) mass is 705 g/mol. The van der Waals surface area contributed by atoms with Gasteiger partial charge in [-0.25, -0.2) is 4.99 Å². The van der Waals surface area contributed by atoms with Crippen LogP contribution in [0.25, 0.3) is 0 Å². The maximum atomic E-state index is 13.3. The molecule has 1 aromatic carbocycles. The largest absolute Gasteiger partial charge is 0.388 e. The van der Waals surface area contributed by atoms with Gasteiger partial charge in [-0.15, -0.1) is 6.58 Å². The molecule has 3 rings (SSSR count). The second kappa shape index (κ2) is 24.1. The molecule has 1 fully saturated rings. The van der Waals surface area contributed by atoms with Gasteiger partial charge in [-0.2, -0.15) is 0 Å². The number of aliphatic imine (C=N–C) groups is 1. The number of likely N-dealkylation sites (tertiary alicyclic amines) is 1. The Labute approximate surface area is 306 Å². The maximum Gasteiger partial charge on any atom is 0.253 e. The number of nitrogens with zero attached hydrogens (tertiary/aromatic N) is 2. The van der Waals surface area contributed by atoms with E-state index in [9.17, 15) is 9.59 Å². The molecule has 50 heavy (non-hydrogen) atoms. The van der Waals surface area contributed by atoms with Gasteiger partial charge in [0.2, 0.25) is 5.91 Å². The molecule has 2 heterocycles. The highest BCUT2D eigenvalue weighted by atomic mass is 35.5. The van der Waals surface area contributed by atoms with Gasteiger partial charge >= 0.3 is 0 Å². The smallest absolute Gasteiger partial charge is 0.253 e. The van der Waals surface area contributed by atoms with Crippen LogP contribution in [0.3, 0.4) is 0 Å². The molecule has 3 N–H and O–H groups in total. The Balaban J connectivity index is 0.00000194. The molecule has 274 valence electrons. The predicted octanol–water partition coefficient (Wildman–Crippen LogP) is 9.47. The number of methoxy groups -OCH3 is 1. The van der Waals surface area contributed by atoms with Crippen LogP contribution in [-0.4, -0.2) is 56.0 Å². The SMILES string of the molecule is C=C/C1=C\C(=C/C)NC(C)/N=C(\C(Cl)=C/C)Nc2ccc(NC(=O)CC3CCN(C(=O)/C(=C\CC)C(=C)C)CC3)c(c2)CC1.C=CC.COC. The third kappa shape index (κ3) is 15.2. The highest BCUT2D eigenvalue weighted by Gasteiger charge is 2.26. The van der Waals surface area contributed by atoms with Crippen molar-refractivity contribution in [2.24, 2.45) is 10.9 Å². The van der Waals surface area contributed by atoms with E-state index in [1.54, 1.807) is 20.3 Å². The second-order valence-electron chi connectivity index (χ2n) is 12.2. The summed E-state index contributed by atoms with van der Waals surface area (Å²) in [5, 5.41) is 10.5. The molecule has 2 bridgehead atoms. The number of allylic oxidation sites excluding steroid dienone is 7. The number of anilines is 2. The number of carbonyl (C=O) groups is 2. The van der Waals surface area contributed by atoms with Crippen molar-refractivity contribution in [1.82, 2.24) is 10.2 Å². The van der Waals surface area contributed by atoms with Gasteiger partial charge in [0, 0.05) is 56.4 Å². The van der Waals surface area contributed by atoms with Crippen LogP contribution in [0.15, 0.2) is 107 Å². The van der Waals surface area contributed by atoms with Crippen molar-refractivity contribution in [3.8, 4) is 0 Å². The number of hydrogen-bond acceptors (Lipinski definition) is 6. The lowest BCUT2D eigenvalue weighted by Crippen LogP contribution is -2.40. The Kier molecular flexibility index (Phi) is 21.1. The lowest BCUT2D eigenvalue weighted by molar-refractivity contribution is -0.128. The summed E-state index contributed by atoms with van der Waals surface area (Å²) in [7, 11) is 3.25. The van der Waals surface area contributed by atoms with Crippen LogP contribution in [0.5, 0.6) is 0 Å². The molecule has 0 saturated carbocycles. The van der Waals surface area contributed by atoms with Gasteiger partial charge in [-0.1, -0.05) is 62.1 Å². The highest BCUT2D eigenvalue weighted by Crippen LogP contribution is 2.28. The van der Waals surface area contributed by atoms with Crippen LogP contribution < -0.4 is 16.0 Å². The average Bonchev–Trinajstić information content (AvgIpc) is 3.09. The molecule has 2 amide bonds. The van der Waals surface area contributed by atoms with E-state index < -0.39 is 0 Å². The maximum absolute atomic E-state index is 13.3. The minimum atomic E-state index is -0.232. The fourth-order valence-corrected chi connectivity index (χ4v) is 5.53. The van der Waals surface area contributed by atoms with Crippen LogP contribution in [0, 0.1) is 5.92 Å². The van der Waals surface area contributed by atoms with Crippen molar-refractivity contribution in [1.29, 1.82) is 0 Å². The topological polar surface area (TPSA) is 95.1 Å². The number of amidine groups is 1. The quantitative estimate of drug-likeness (QED) is 0.142. The van der Waals surface area contributed by atoms with Crippen LogP contribution >= 0.6 is 11.6 Å². The fourth-order valence-electron chi connectivity index (χ4n) is 5.44. The number of fused-ring (bicyclic) bond motifs is 2. The van der Waals surface area contributed by atoms with Gasteiger partial charge in [-0.3, -0.25) is 9.59 Å². The number of ether oxygens (including phenoxy) is 1. The summed E-state index contributed by atoms with van der Waals surface area (Å²) in [5.41, 5.74) is 6.14. The highest BCUT2D eigenvalue weighted by molar-refractivity contribution is 6.44. The molecule has 1 unspecified atom stereocenters. The zero-order valence-electron chi connectivity index (χ0n) is 31.6. The third-order valence-electron chi connectivity index (χ3n) is 7.89. The van der Waals surface area contributed by atoms with Crippen molar-refractivity contribution in [2.45, 2.75) is 86.2 Å². The van der Waals surface area contributed by atoms with Gasteiger partial charge in [-0.05, 0) is 114 Å². The Hall–Kier alpha value is -4.14. The van der Waals surface area contributed by atoms with E-state index in [2.05, 4.69) is 46.5 Å². The van der Waals surface area contributed by atoms with Crippen LogP contribution in [0.4, 0.5) is 11.4 Å². The van der Waals surface area contributed by atoms with Gasteiger partial charge in [0.25, 0.3) is 5.91 Å². The summed E-state index contributed by atoms with van der Waals surface area (Å²) in [4.78, 5) is 33.0. The first-order chi connectivity index (χ1) is 23.9. The number of hydrogen-bond donors (Lipinski definition) is 3. The average molecular weight is 706 g/mol. The summed E-state index contributed by atoms with van der Waals surface area (Å²) in [6, 6.07) is 5.92. The number of benzene rings is 1. The predicted molar refractivity (Wildman–Crippen MR) is 215 cm³/mol. The number of piperidine rings is 1. The summed E-state index contributed by atoms with van der Waals surface area (Å²) in [5.74, 6) is 0.805. The Morgan fingerprint density at radius 3 is 2.32 bits per heavy atom. The number of carbonyl (C=O) groups excluding carboxylic acids is 2. The third-order valence-corrected chi connectivity index (χ3v) is 8.29. The fraction of sp³-hybridized carbons (Fsp3) is 0.439. The Morgan fingerprint density at radius 1 is 1.14 bits per heavy atom. The van der Waals surface area contributed by atoms with E-state index in [4.69, 9.17) is 16.6 Å². The van der Waals surface area contributed by atoms with E-state index in [-0.39, 0.29) is 23.9 Å². The molecule has 0 aromatic heterocycles. The lowest BCUT2D eigenvalue weighted by atomic mass is 9.92. The van der Waals surface area contributed by atoms with E-state index >= 15 is 0 Å². The molecule has 0 spiro atoms. The molecule has 0 radical (unpaired) electrons. The van der Waals surface area contributed by atoms with Gasteiger partial charge in [0.1, 0.15) is 12.0 Å². The molecule has 1 atom stereocenters. The normalized spacial score (nSPS) is 20.1. The molecular weight excluding hydrogens is 646 g/mol. The zero-order chi connectivity index (χ0) is 37.6. The first-order valence-corrected chi connectivity index (χ1v) is 17.8. The summed E-state index contributed by atoms with van der Waals surface area (Å²) >= 11 is 6.54. The van der Waals surface area contributed by atoms with Crippen LogP contribution in [-0.2, 0) is 20.7 Å². The van der Waals surface area contributed by atoms with E-state index in [0.29, 0.717) is 42.4 Å². The molecule has 1 saturated heterocycles. The van der Waals surface area contributed by atoms with Crippen LogP contribution in [0.2, 0.25) is 0 Å². The number of nitrogens with one attached hydrogen (secondary N) is 3. The van der Waals surface area contributed by atoms with E-state index in [1.165, 1.54) is 0 Å². The number of rotatable bonds is 8. The van der Waals surface area contributed by atoms with Crippen LogP contribution in [0.1, 0.15) is 79.2 Å². The van der Waals surface area contributed by atoms with E-state index in [1.807, 2.05) is 88.9 Å².